The van der Waals surface area contributed by atoms with Crippen LogP contribution in [0.5, 0.6) is 0 Å². The second-order valence-corrected chi connectivity index (χ2v) is 5.05. The summed E-state index contributed by atoms with van der Waals surface area (Å²) in [6.45, 7) is 0.264. The van der Waals surface area contributed by atoms with Gasteiger partial charge in [-0.15, -0.1) is 0 Å². The molecule has 0 spiro atoms. The lowest BCUT2D eigenvalue weighted by atomic mass is 10.0. The number of amides is 1. The summed E-state index contributed by atoms with van der Waals surface area (Å²) in [4.78, 5) is 24.1. The molecule has 0 aliphatic carbocycles. The maximum Gasteiger partial charge on any atom is 0.245 e. The highest BCUT2D eigenvalue weighted by Gasteiger charge is 2.28. The average molecular weight is 347 g/mol. The van der Waals surface area contributed by atoms with Gasteiger partial charge in [-0.25, -0.2) is 0 Å². The summed E-state index contributed by atoms with van der Waals surface area (Å²) in [7, 11) is 0. The number of hydrogen-bond acceptors (Lipinski definition) is 4. The van der Waals surface area contributed by atoms with Crippen molar-refractivity contribution in [2.75, 3.05) is 0 Å². The maximum absolute atomic E-state index is 12.1. The van der Waals surface area contributed by atoms with E-state index in [2.05, 4.69) is 21.2 Å². The Hall–Kier alpha value is -2.39. The van der Waals surface area contributed by atoms with Gasteiger partial charge in [0.25, 0.3) is 0 Å². The molecule has 0 radical (unpaired) electrons. The summed E-state index contributed by atoms with van der Waals surface area (Å²) < 4.78 is 5.31. The van der Waals surface area contributed by atoms with Gasteiger partial charge in [0.2, 0.25) is 5.91 Å². The van der Waals surface area contributed by atoms with Gasteiger partial charge >= 0.3 is 0 Å². The lowest BCUT2D eigenvalue weighted by molar-refractivity contribution is -0.122. The molecular formula is C15H11BrN2O3. The van der Waals surface area contributed by atoms with Crippen molar-refractivity contribution in [3.63, 3.8) is 0 Å². The molecule has 1 aromatic carbocycles. The van der Waals surface area contributed by atoms with E-state index in [1.54, 1.807) is 6.07 Å². The molecule has 21 heavy (non-hydrogen) atoms. The molecule has 0 fully saturated rings. The number of nitrogens with one attached hydrogen (secondary N) is 1. The quantitative estimate of drug-likeness (QED) is 0.666. The maximum atomic E-state index is 12.1. The topological polar surface area (TPSA) is 83.1 Å². The molecule has 0 saturated carbocycles. The molecule has 0 aliphatic rings. The minimum absolute atomic E-state index is 0.184. The Morgan fingerprint density at radius 1 is 1.33 bits per heavy atom. The third-order valence-corrected chi connectivity index (χ3v) is 3.23. The number of carbonyl (C=O) groups excluding carboxylic acids is 2. The van der Waals surface area contributed by atoms with Gasteiger partial charge in [0.05, 0.1) is 11.6 Å². The molecule has 106 valence electrons. The van der Waals surface area contributed by atoms with Crippen molar-refractivity contribution >= 4 is 27.6 Å². The highest BCUT2D eigenvalue weighted by molar-refractivity contribution is 9.10. The number of rotatable bonds is 5. The monoisotopic (exact) mass is 346 g/mol. The summed E-state index contributed by atoms with van der Waals surface area (Å²) in [5, 5.41) is 11.6. The van der Waals surface area contributed by atoms with Crippen LogP contribution >= 0.6 is 15.9 Å². The summed E-state index contributed by atoms with van der Waals surface area (Å²) in [6.07, 6.45) is 1.21. The SMILES string of the molecule is N#C[C@@H](C(=O)NCc1ccccc1)C(=O)c1coc(Br)c1. The number of halogens is 1. The predicted molar refractivity (Wildman–Crippen MR) is 78.1 cm³/mol. The van der Waals surface area contributed by atoms with E-state index < -0.39 is 17.6 Å². The fraction of sp³-hybridized carbons (Fsp3) is 0.133. The average Bonchev–Trinajstić information content (AvgIpc) is 2.93. The van der Waals surface area contributed by atoms with Gasteiger partial charge in [-0.2, -0.15) is 5.26 Å². The fourth-order valence-corrected chi connectivity index (χ4v) is 2.07. The number of nitriles is 1. The molecule has 2 aromatic rings. The van der Waals surface area contributed by atoms with Crippen molar-refractivity contribution in [1.29, 1.82) is 5.26 Å². The zero-order valence-electron chi connectivity index (χ0n) is 10.9. The Morgan fingerprint density at radius 3 is 2.62 bits per heavy atom. The van der Waals surface area contributed by atoms with Crippen LogP contribution in [-0.4, -0.2) is 11.7 Å². The van der Waals surface area contributed by atoms with Crippen LogP contribution in [0.4, 0.5) is 0 Å². The molecule has 6 heteroatoms. The van der Waals surface area contributed by atoms with E-state index in [0.717, 1.165) is 5.56 Å². The van der Waals surface area contributed by atoms with Crippen molar-refractivity contribution in [3.05, 3.63) is 58.5 Å². The van der Waals surface area contributed by atoms with Crippen molar-refractivity contribution in [2.45, 2.75) is 6.54 Å². The second kappa shape index (κ2) is 6.86. The number of furan rings is 1. The molecule has 0 aliphatic heterocycles. The van der Waals surface area contributed by atoms with Crippen LogP contribution in [0.2, 0.25) is 0 Å². The highest BCUT2D eigenvalue weighted by atomic mass is 79.9. The van der Waals surface area contributed by atoms with Crippen molar-refractivity contribution in [1.82, 2.24) is 5.32 Å². The van der Waals surface area contributed by atoms with Gasteiger partial charge in [0.15, 0.2) is 16.4 Å². The molecule has 2 rings (SSSR count). The largest absolute Gasteiger partial charge is 0.457 e. The third-order valence-electron chi connectivity index (χ3n) is 2.82. The van der Waals surface area contributed by atoms with E-state index in [4.69, 9.17) is 9.68 Å². The van der Waals surface area contributed by atoms with Gasteiger partial charge in [-0.3, -0.25) is 9.59 Å². The second-order valence-electron chi connectivity index (χ2n) is 4.27. The summed E-state index contributed by atoms with van der Waals surface area (Å²) in [5.41, 5.74) is 1.07. The smallest absolute Gasteiger partial charge is 0.245 e. The molecule has 1 amide bonds. The predicted octanol–water partition coefficient (Wildman–Crippen LogP) is 2.68. The van der Waals surface area contributed by atoms with Gasteiger partial charge in [-0.05, 0) is 21.5 Å². The van der Waals surface area contributed by atoms with Crippen LogP contribution in [-0.2, 0) is 11.3 Å². The lowest BCUT2D eigenvalue weighted by Crippen LogP contribution is -2.34. The van der Waals surface area contributed by atoms with Gasteiger partial charge in [0.1, 0.15) is 6.26 Å². The van der Waals surface area contributed by atoms with Gasteiger partial charge in [-0.1, -0.05) is 30.3 Å². The Kier molecular flexibility index (Phi) is 4.90. The van der Waals surface area contributed by atoms with Gasteiger partial charge in [0, 0.05) is 12.6 Å². The molecular weight excluding hydrogens is 336 g/mol. The number of ketones is 1. The van der Waals surface area contributed by atoms with Crippen LogP contribution in [0.1, 0.15) is 15.9 Å². The number of hydrogen-bond donors (Lipinski definition) is 1. The van der Waals surface area contributed by atoms with Crippen molar-refractivity contribution in [3.8, 4) is 6.07 Å². The Bertz CT molecular complexity index is 688. The molecule has 1 heterocycles. The van der Waals surface area contributed by atoms with Crippen molar-refractivity contribution < 1.29 is 14.0 Å². The van der Waals surface area contributed by atoms with Crippen LogP contribution in [0, 0.1) is 17.2 Å². The normalized spacial score (nSPS) is 11.4. The molecule has 1 N–H and O–H groups in total. The van der Waals surface area contributed by atoms with Crippen LogP contribution in [0.15, 0.2) is 51.7 Å². The first-order chi connectivity index (χ1) is 10.1. The van der Waals surface area contributed by atoms with E-state index in [0.29, 0.717) is 4.67 Å². The zero-order chi connectivity index (χ0) is 15.2. The summed E-state index contributed by atoms with van der Waals surface area (Å²) in [6, 6.07) is 12.4. The third kappa shape index (κ3) is 3.80. The standard InChI is InChI=1S/C15H11BrN2O3/c16-13-6-11(9-21-13)14(19)12(7-17)15(20)18-8-10-4-2-1-3-5-10/h1-6,9,12H,8H2,(H,18,20)/t12-/m1/s1. The summed E-state index contributed by atoms with van der Waals surface area (Å²) >= 11 is 3.07. The first-order valence-electron chi connectivity index (χ1n) is 6.11. The van der Waals surface area contributed by atoms with Crippen molar-refractivity contribution in [2.24, 2.45) is 5.92 Å². The summed E-state index contributed by atoms with van der Waals surface area (Å²) in [5.74, 6) is -2.60. The Labute approximate surface area is 129 Å². The van der Waals surface area contributed by atoms with E-state index in [1.807, 2.05) is 30.3 Å². The molecule has 0 bridgehead atoms. The number of carbonyl (C=O) groups is 2. The van der Waals surface area contributed by atoms with E-state index in [1.165, 1.54) is 12.3 Å². The lowest BCUT2D eigenvalue weighted by Gasteiger charge is -2.08. The first kappa shape index (κ1) is 15.0. The number of Topliss-reactive ketones (excluding diaryl/α,β-unsaturated/α-hetero) is 1. The van der Waals surface area contributed by atoms with E-state index in [-0.39, 0.29) is 12.1 Å². The molecule has 0 unspecified atom stereocenters. The molecule has 1 atom stereocenters. The zero-order valence-corrected chi connectivity index (χ0v) is 12.5. The van der Waals surface area contributed by atoms with Crippen LogP contribution in [0.25, 0.3) is 0 Å². The minimum Gasteiger partial charge on any atom is -0.457 e. The van der Waals surface area contributed by atoms with E-state index in [9.17, 15) is 9.59 Å². The first-order valence-corrected chi connectivity index (χ1v) is 6.90. The highest BCUT2D eigenvalue weighted by Crippen LogP contribution is 2.17. The van der Waals surface area contributed by atoms with Crippen LogP contribution < -0.4 is 5.32 Å². The Morgan fingerprint density at radius 2 is 2.05 bits per heavy atom. The van der Waals surface area contributed by atoms with Gasteiger partial charge < -0.3 is 9.73 Å². The number of nitrogens with zero attached hydrogens (tertiary/aromatic N) is 1. The Balaban J connectivity index is 2.02. The molecule has 1 aromatic heterocycles. The fourth-order valence-electron chi connectivity index (χ4n) is 1.73. The van der Waals surface area contributed by atoms with E-state index >= 15 is 0 Å². The molecule has 0 saturated heterocycles. The minimum atomic E-state index is -1.39. The number of benzene rings is 1. The van der Waals surface area contributed by atoms with Crippen LogP contribution in [0.3, 0.4) is 0 Å². The molecule has 5 nitrogen and oxygen atoms in total.